The van der Waals surface area contributed by atoms with E-state index in [9.17, 15) is 9.59 Å². The molecular weight excluding hydrogens is 368 g/mol. The molecule has 0 spiro atoms. The summed E-state index contributed by atoms with van der Waals surface area (Å²) >= 11 is 6.12. The second-order valence-electron chi connectivity index (χ2n) is 5.79. The van der Waals surface area contributed by atoms with Crippen LogP contribution in [0.25, 0.3) is 11.1 Å². The van der Waals surface area contributed by atoms with Crippen molar-refractivity contribution in [2.24, 2.45) is 5.73 Å². The number of aliphatic hydroxyl groups is 2. The predicted octanol–water partition coefficient (Wildman–Crippen LogP) is 0.262. The lowest BCUT2D eigenvalue weighted by atomic mass is 10.1. The van der Waals surface area contributed by atoms with Gasteiger partial charge in [-0.2, -0.15) is 0 Å². The highest BCUT2D eigenvalue weighted by Gasteiger charge is 2.25. The third kappa shape index (κ3) is 4.55. The molecule has 0 saturated heterocycles. The van der Waals surface area contributed by atoms with E-state index in [1.54, 1.807) is 6.92 Å². The fourth-order valence-corrected chi connectivity index (χ4v) is 2.40. The number of halogens is 1. The van der Waals surface area contributed by atoms with Crippen molar-refractivity contribution in [3.8, 4) is 5.75 Å². The van der Waals surface area contributed by atoms with Gasteiger partial charge < -0.3 is 29.8 Å². The Morgan fingerprint density at radius 1 is 1.38 bits per heavy atom. The second kappa shape index (κ2) is 8.54. The maximum absolute atomic E-state index is 12.0. The van der Waals surface area contributed by atoms with E-state index in [0.717, 1.165) is 0 Å². The van der Waals surface area contributed by atoms with Gasteiger partial charge in [0.05, 0.1) is 42.3 Å². The number of rotatable bonds is 9. The number of fused-ring (bicyclic) bond motifs is 1. The quantitative estimate of drug-likeness (QED) is 0.520. The van der Waals surface area contributed by atoms with Crippen LogP contribution in [0.2, 0.25) is 5.02 Å². The van der Waals surface area contributed by atoms with Crippen LogP contribution in [-0.2, 0) is 16.1 Å². The van der Waals surface area contributed by atoms with Crippen LogP contribution in [0.4, 0.5) is 0 Å². The van der Waals surface area contributed by atoms with Crippen LogP contribution in [0.3, 0.4) is 0 Å². The van der Waals surface area contributed by atoms with Gasteiger partial charge >= 0.3 is 11.7 Å². The number of esters is 1. The first kappa shape index (κ1) is 20.2. The molecule has 0 atom stereocenters. The fraction of sp³-hybridized carbons (Fsp3) is 0.500. The first-order valence-electron chi connectivity index (χ1n) is 7.95. The molecule has 144 valence electrons. The topological polar surface area (TPSA) is 137 Å². The number of carbonyl (C=O) groups is 1. The highest BCUT2D eigenvalue weighted by atomic mass is 35.5. The van der Waals surface area contributed by atoms with Gasteiger partial charge in [-0.25, -0.2) is 4.79 Å². The van der Waals surface area contributed by atoms with Gasteiger partial charge in [0.25, 0.3) is 0 Å². The van der Waals surface area contributed by atoms with Crippen molar-refractivity contribution >= 4 is 28.7 Å². The lowest BCUT2D eigenvalue weighted by Crippen LogP contribution is -2.51. The number of aryl methyl sites for hydroxylation is 1. The number of hydrogen-bond acceptors (Lipinski definition) is 8. The first-order chi connectivity index (χ1) is 12.3. The predicted molar refractivity (Wildman–Crippen MR) is 93.3 cm³/mol. The van der Waals surface area contributed by atoms with Crippen molar-refractivity contribution in [1.82, 2.24) is 4.57 Å². The molecule has 26 heavy (non-hydrogen) atoms. The molecule has 2 aromatic rings. The molecule has 0 saturated carbocycles. The Kier molecular flexibility index (Phi) is 6.65. The molecule has 0 bridgehead atoms. The summed E-state index contributed by atoms with van der Waals surface area (Å²) in [6, 6.07) is 3.04. The second-order valence-corrected chi connectivity index (χ2v) is 6.20. The normalized spacial score (nSPS) is 11.7. The summed E-state index contributed by atoms with van der Waals surface area (Å²) in [6.45, 7) is 0.796. The average molecular weight is 389 g/mol. The van der Waals surface area contributed by atoms with E-state index in [1.807, 2.05) is 0 Å². The Labute approximate surface area is 153 Å². The van der Waals surface area contributed by atoms with Crippen molar-refractivity contribution in [2.75, 3.05) is 26.4 Å². The average Bonchev–Trinajstić information content (AvgIpc) is 2.92. The molecule has 0 aliphatic carbocycles. The zero-order valence-corrected chi connectivity index (χ0v) is 15.0. The fourth-order valence-electron chi connectivity index (χ4n) is 2.18. The summed E-state index contributed by atoms with van der Waals surface area (Å²) in [4.78, 5) is 23.9. The largest absolute Gasteiger partial charge is 0.492 e. The molecule has 10 heteroatoms. The number of aliphatic hydroxyl groups excluding tert-OH is 2. The summed E-state index contributed by atoms with van der Waals surface area (Å²) in [5.41, 5.74) is 4.93. The number of nitrogens with zero attached hydrogens (tertiary/aromatic N) is 1. The Hall–Kier alpha value is -2.07. The first-order valence-corrected chi connectivity index (χ1v) is 8.33. The van der Waals surface area contributed by atoms with Gasteiger partial charge in [0, 0.05) is 12.6 Å². The number of aromatic nitrogens is 1. The van der Waals surface area contributed by atoms with Gasteiger partial charge in [-0.05, 0) is 13.0 Å². The molecule has 0 radical (unpaired) electrons. The van der Waals surface area contributed by atoms with Crippen LogP contribution in [0.5, 0.6) is 5.75 Å². The maximum Gasteiger partial charge on any atom is 0.419 e. The Bertz CT molecular complexity index is 826. The lowest BCUT2D eigenvalue weighted by Gasteiger charge is -2.23. The van der Waals surface area contributed by atoms with E-state index in [2.05, 4.69) is 0 Å². The lowest BCUT2D eigenvalue weighted by molar-refractivity contribution is -0.146. The summed E-state index contributed by atoms with van der Waals surface area (Å²) in [6.07, 6.45) is -0.133. The molecule has 1 heterocycles. The third-order valence-electron chi connectivity index (χ3n) is 3.71. The van der Waals surface area contributed by atoms with Gasteiger partial charge in [-0.15, -0.1) is 0 Å². The molecule has 2 rings (SSSR count). The number of ether oxygens (including phenoxy) is 2. The summed E-state index contributed by atoms with van der Waals surface area (Å²) in [7, 11) is 0. The van der Waals surface area contributed by atoms with Crippen LogP contribution in [0.15, 0.2) is 21.3 Å². The number of hydrogen-bond donors (Lipinski definition) is 3. The zero-order valence-electron chi connectivity index (χ0n) is 14.2. The van der Waals surface area contributed by atoms with Crippen molar-refractivity contribution in [3.63, 3.8) is 0 Å². The van der Waals surface area contributed by atoms with Gasteiger partial charge in [0.1, 0.15) is 12.4 Å². The molecule has 1 aromatic heterocycles. The minimum atomic E-state index is -1.40. The molecule has 1 aromatic carbocycles. The monoisotopic (exact) mass is 388 g/mol. The van der Waals surface area contributed by atoms with E-state index in [1.165, 1.54) is 16.7 Å². The van der Waals surface area contributed by atoms with E-state index in [0.29, 0.717) is 22.9 Å². The van der Waals surface area contributed by atoms with Crippen LogP contribution in [0.1, 0.15) is 13.3 Å². The van der Waals surface area contributed by atoms with Crippen molar-refractivity contribution < 1.29 is 28.9 Å². The summed E-state index contributed by atoms with van der Waals surface area (Å²) in [5.74, 6) is -0.884. The summed E-state index contributed by atoms with van der Waals surface area (Å²) < 4.78 is 16.7. The summed E-state index contributed by atoms with van der Waals surface area (Å²) in [5, 5.41) is 18.4. The Balaban J connectivity index is 2.09. The Morgan fingerprint density at radius 2 is 2.08 bits per heavy atom. The zero-order chi connectivity index (χ0) is 19.3. The molecule has 0 fully saturated rings. The van der Waals surface area contributed by atoms with Crippen LogP contribution in [0, 0.1) is 0 Å². The van der Waals surface area contributed by atoms with Crippen molar-refractivity contribution in [3.05, 3.63) is 27.7 Å². The van der Waals surface area contributed by atoms with Gasteiger partial charge in [-0.3, -0.25) is 9.36 Å². The molecule has 0 amide bonds. The molecular formula is C16H21ClN2O7. The number of nitrogens with two attached hydrogens (primary N) is 1. The minimum Gasteiger partial charge on any atom is -0.492 e. The van der Waals surface area contributed by atoms with Gasteiger partial charge in [0.15, 0.2) is 5.58 Å². The standard InChI is InChI=1S/C16H21ClN2O7/c1-2-24-12-6-13-11(5-10(12)17)19(15(23)26-13)4-3-14(22)25-9-16(18,7-20)8-21/h5-6,20-21H,2-4,7-9,18H2,1H3. The van der Waals surface area contributed by atoms with E-state index in [4.69, 9.17) is 41.4 Å². The van der Waals surface area contributed by atoms with E-state index >= 15 is 0 Å². The number of benzene rings is 1. The van der Waals surface area contributed by atoms with Crippen LogP contribution < -0.4 is 16.2 Å². The minimum absolute atomic E-state index is 0.00476. The third-order valence-corrected chi connectivity index (χ3v) is 4.01. The maximum atomic E-state index is 12.0. The smallest absolute Gasteiger partial charge is 0.419 e. The van der Waals surface area contributed by atoms with Crippen molar-refractivity contribution in [2.45, 2.75) is 25.4 Å². The molecule has 0 aliphatic heterocycles. The highest BCUT2D eigenvalue weighted by molar-refractivity contribution is 6.32. The van der Waals surface area contributed by atoms with Crippen molar-refractivity contribution in [1.29, 1.82) is 0 Å². The molecule has 0 unspecified atom stereocenters. The number of carbonyl (C=O) groups excluding carboxylic acids is 1. The van der Waals surface area contributed by atoms with Crippen LogP contribution >= 0.6 is 11.6 Å². The molecule has 9 nitrogen and oxygen atoms in total. The molecule has 4 N–H and O–H groups in total. The molecule has 0 aliphatic rings. The van der Waals surface area contributed by atoms with Gasteiger partial charge in [-0.1, -0.05) is 11.6 Å². The van der Waals surface area contributed by atoms with Crippen LogP contribution in [-0.4, -0.2) is 52.7 Å². The van der Waals surface area contributed by atoms with E-state index in [-0.39, 0.29) is 25.2 Å². The number of oxazole rings is 1. The highest BCUT2D eigenvalue weighted by Crippen LogP contribution is 2.29. The SMILES string of the molecule is CCOc1cc2oc(=O)n(CCC(=O)OCC(N)(CO)CO)c2cc1Cl. The van der Waals surface area contributed by atoms with E-state index < -0.39 is 30.5 Å². The van der Waals surface area contributed by atoms with Gasteiger partial charge in [0.2, 0.25) is 0 Å². The Morgan fingerprint density at radius 3 is 2.69 bits per heavy atom.